The highest BCUT2D eigenvalue weighted by atomic mass is 35.5. The van der Waals surface area contributed by atoms with E-state index < -0.39 is 21.7 Å². The first kappa shape index (κ1) is 18.8. The minimum Gasteiger partial charge on any atom is -0.308 e. The van der Waals surface area contributed by atoms with E-state index in [0.717, 1.165) is 10.4 Å². The SMILES string of the molecule is CN(CC(=O)N1CCCc2cc(Cl)cc(F)c21)S(=O)(=O)c1ccccc1. The molecule has 0 unspecified atom stereocenters. The van der Waals surface area contributed by atoms with Crippen molar-refractivity contribution in [1.82, 2.24) is 4.31 Å². The first-order valence-corrected chi connectivity index (χ1v) is 9.92. The number of fused-ring (bicyclic) bond motifs is 1. The molecule has 0 aliphatic carbocycles. The summed E-state index contributed by atoms with van der Waals surface area (Å²) in [6, 6.07) is 10.7. The Morgan fingerprint density at radius 2 is 1.96 bits per heavy atom. The standard InChI is InChI=1S/C18H18ClFN2O3S/c1-21(26(24,25)15-7-3-2-4-8-15)12-17(23)22-9-5-6-13-10-14(19)11-16(20)18(13)22/h2-4,7-8,10-11H,5-6,9,12H2,1H3. The summed E-state index contributed by atoms with van der Waals surface area (Å²) in [5, 5.41) is 0.277. The number of aryl methyl sites for hydroxylation is 1. The zero-order valence-electron chi connectivity index (χ0n) is 14.2. The number of nitrogens with zero attached hydrogens (tertiary/aromatic N) is 2. The number of anilines is 1. The Morgan fingerprint density at radius 1 is 1.27 bits per heavy atom. The quantitative estimate of drug-likeness (QED) is 0.798. The van der Waals surface area contributed by atoms with Crippen molar-refractivity contribution >= 4 is 33.2 Å². The number of carbonyl (C=O) groups is 1. The van der Waals surface area contributed by atoms with Gasteiger partial charge in [0.05, 0.1) is 17.1 Å². The highest BCUT2D eigenvalue weighted by Crippen LogP contribution is 2.33. The molecule has 5 nitrogen and oxygen atoms in total. The highest BCUT2D eigenvalue weighted by Gasteiger charge is 2.30. The maximum absolute atomic E-state index is 14.4. The molecule has 0 N–H and O–H groups in total. The summed E-state index contributed by atoms with van der Waals surface area (Å²) in [6.07, 6.45) is 1.28. The molecule has 8 heteroatoms. The third-order valence-electron chi connectivity index (χ3n) is 4.32. The van der Waals surface area contributed by atoms with Crippen molar-refractivity contribution in [3.8, 4) is 0 Å². The highest BCUT2D eigenvalue weighted by molar-refractivity contribution is 7.89. The Morgan fingerprint density at radius 3 is 2.65 bits per heavy atom. The molecule has 0 radical (unpaired) electrons. The number of amides is 1. The van der Waals surface area contributed by atoms with E-state index in [1.54, 1.807) is 24.3 Å². The van der Waals surface area contributed by atoms with Gasteiger partial charge < -0.3 is 4.90 Å². The molecule has 26 heavy (non-hydrogen) atoms. The van der Waals surface area contributed by atoms with Gasteiger partial charge in [-0.25, -0.2) is 12.8 Å². The lowest BCUT2D eigenvalue weighted by molar-refractivity contribution is -0.118. The summed E-state index contributed by atoms with van der Waals surface area (Å²) >= 11 is 5.89. The van der Waals surface area contributed by atoms with E-state index in [-0.39, 0.29) is 22.2 Å². The third-order valence-corrected chi connectivity index (χ3v) is 6.35. The summed E-state index contributed by atoms with van der Waals surface area (Å²) in [4.78, 5) is 14.1. The minimum atomic E-state index is -3.80. The maximum atomic E-state index is 14.4. The molecule has 1 aliphatic heterocycles. The topological polar surface area (TPSA) is 57.7 Å². The monoisotopic (exact) mass is 396 g/mol. The zero-order chi connectivity index (χ0) is 18.9. The molecule has 3 rings (SSSR count). The Kier molecular flexibility index (Phi) is 5.32. The molecule has 0 atom stereocenters. The molecule has 0 fully saturated rings. The van der Waals surface area contributed by atoms with Crippen molar-refractivity contribution in [2.45, 2.75) is 17.7 Å². The summed E-state index contributed by atoms with van der Waals surface area (Å²) in [5.41, 5.74) is 0.847. The van der Waals surface area contributed by atoms with E-state index in [4.69, 9.17) is 11.6 Å². The minimum absolute atomic E-state index is 0.104. The molecular weight excluding hydrogens is 379 g/mol. The number of sulfonamides is 1. The van der Waals surface area contributed by atoms with E-state index in [0.29, 0.717) is 24.9 Å². The summed E-state index contributed by atoms with van der Waals surface area (Å²) in [6.45, 7) is -0.0393. The van der Waals surface area contributed by atoms with Crippen molar-refractivity contribution in [3.05, 3.63) is 58.9 Å². The third kappa shape index (κ3) is 3.60. The predicted octanol–water partition coefficient (Wildman–Crippen LogP) is 3.08. The van der Waals surface area contributed by atoms with Gasteiger partial charge in [-0.15, -0.1) is 0 Å². The molecule has 2 aromatic carbocycles. The lowest BCUT2D eigenvalue weighted by Gasteiger charge is -2.31. The van der Waals surface area contributed by atoms with E-state index in [1.807, 2.05) is 0 Å². The predicted molar refractivity (Wildman–Crippen MR) is 98.3 cm³/mol. The molecule has 0 saturated carbocycles. The number of carbonyl (C=O) groups excluding carboxylic acids is 1. The van der Waals surface area contributed by atoms with Gasteiger partial charge in [0.15, 0.2) is 0 Å². The second-order valence-corrected chi connectivity index (χ2v) is 8.60. The zero-order valence-corrected chi connectivity index (χ0v) is 15.7. The lowest BCUT2D eigenvalue weighted by Crippen LogP contribution is -2.43. The van der Waals surface area contributed by atoms with Crippen LogP contribution in [0.4, 0.5) is 10.1 Å². The van der Waals surface area contributed by atoms with Crippen LogP contribution in [0.2, 0.25) is 5.02 Å². The van der Waals surface area contributed by atoms with Gasteiger partial charge in [-0.1, -0.05) is 29.8 Å². The number of benzene rings is 2. The van der Waals surface area contributed by atoms with Gasteiger partial charge in [0.1, 0.15) is 5.82 Å². The van der Waals surface area contributed by atoms with Crippen LogP contribution in [-0.4, -0.2) is 38.8 Å². The average molecular weight is 397 g/mol. The molecule has 0 bridgehead atoms. The molecule has 2 aromatic rings. The second kappa shape index (κ2) is 7.34. The van der Waals surface area contributed by atoms with Gasteiger partial charge in [0.2, 0.25) is 15.9 Å². The van der Waals surface area contributed by atoms with Crippen LogP contribution < -0.4 is 4.90 Å². The number of halogens is 2. The first-order chi connectivity index (χ1) is 12.3. The average Bonchev–Trinajstić information content (AvgIpc) is 2.61. The Labute approximate surface area is 157 Å². The van der Waals surface area contributed by atoms with E-state index in [9.17, 15) is 17.6 Å². The van der Waals surface area contributed by atoms with E-state index in [2.05, 4.69) is 0 Å². The van der Waals surface area contributed by atoms with Crippen LogP contribution in [0.1, 0.15) is 12.0 Å². The summed E-state index contributed by atoms with van der Waals surface area (Å²) in [7, 11) is -2.46. The van der Waals surface area contributed by atoms with Crippen LogP contribution in [-0.2, 0) is 21.2 Å². The van der Waals surface area contributed by atoms with Crippen LogP contribution >= 0.6 is 11.6 Å². The lowest BCUT2D eigenvalue weighted by atomic mass is 10.0. The van der Waals surface area contributed by atoms with Gasteiger partial charge in [-0.05, 0) is 42.7 Å². The van der Waals surface area contributed by atoms with Crippen LogP contribution in [0.3, 0.4) is 0 Å². The van der Waals surface area contributed by atoms with Crippen molar-refractivity contribution in [3.63, 3.8) is 0 Å². The number of hydrogen-bond donors (Lipinski definition) is 0. The van der Waals surface area contributed by atoms with Gasteiger partial charge in [0, 0.05) is 18.6 Å². The molecule has 1 amide bonds. The van der Waals surface area contributed by atoms with Crippen LogP contribution in [0.5, 0.6) is 0 Å². The maximum Gasteiger partial charge on any atom is 0.243 e. The molecule has 0 spiro atoms. The van der Waals surface area contributed by atoms with Crippen molar-refractivity contribution in [2.75, 3.05) is 25.0 Å². The fourth-order valence-electron chi connectivity index (χ4n) is 3.03. The Bertz CT molecular complexity index is 935. The number of rotatable bonds is 4. The van der Waals surface area contributed by atoms with E-state index >= 15 is 0 Å². The fraction of sp³-hybridized carbons (Fsp3) is 0.278. The molecule has 0 aromatic heterocycles. The number of likely N-dealkylation sites (N-methyl/N-ethyl adjacent to an activating group) is 1. The van der Waals surface area contributed by atoms with Crippen LogP contribution in [0, 0.1) is 5.82 Å². The normalized spacial score (nSPS) is 14.4. The van der Waals surface area contributed by atoms with Gasteiger partial charge in [0.25, 0.3) is 0 Å². The van der Waals surface area contributed by atoms with Crippen molar-refractivity contribution in [1.29, 1.82) is 0 Å². The van der Waals surface area contributed by atoms with Crippen LogP contribution in [0.15, 0.2) is 47.4 Å². The number of hydrogen-bond acceptors (Lipinski definition) is 3. The van der Waals surface area contributed by atoms with Crippen molar-refractivity contribution < 1.29 is 17.6 Å². The first-order valence-electron chi connectivity index (χ1n) is 8.10. The summed E-state index contributed by atoms with van der Waals surface area (Å²) in [5.74, 6) is -1.05. The largest absolute Gasteiger partial charge is 0.308 e. The molecule has 1 heterocycles. The molecule has 138 valence electrons. The molecule has 0 saturated heterocycles. The molecular formula is C18H18ClFN2O3S. The van der Waals surface area contributed by atoms with Gasteiger partial charge in [-0.2, -0.15) is 4.31 Å². The fourth-order valence-corrected chi connectivity index (χ4v) is 4.40. The van der Waals surface area contributed by atoms with Gasteiger partial charge >= 0.3 is 0 Å². The second-order valence-electron chi connectivity index (χ2n) is 6.12. The smallest absolute Gasteiger partial charge is 0.243 e. The summed E-state index contributed by atoms with van der Waals surface area (Å²) < 4.78 is 40.5. The van der Waals surface area contributed by atoms with Crippen LogP contribution in [0.25, 0.3) is 0 Å². The van der Waals surface area contributed by atoms with Gasteiger partial charge in [-0.3, -0.25) is 4.79 Å². The Hall–Kier alpha value is -1.96. The van der Waals surface area contributed by atoms with E-state index in [1.165, 1.54) is 24.1 Å². The Balaban J connectivity index is 1.84. The van der Waals surface area contributed by atoms with Crippen molar-refractivity contribution in [2.24, 2.45) is 0 Å². The molecule has 1 aliphatic rings.